The maximum absolute atomic E-state index is 11.7. The SMILES string of the molecule is CN[C@H](C(=O)O)[C@H](O[Si](C)(C)C(C)(C)C)[C@H](C)Cc1nccn1C. The second-order valence-electron chi connectivity index (χ2n) is 8.08. The Hall–Kier alpha value is -1.18. The molecule has 3 atom stereocenters. The number of carboxylic acid groups (broad SMARTS) is 1. The van der Waals surface area contributed by atoms with E-state index in [1.54, 1.807) is 13.2 Å². The molecule has 0 saturated heterocycles. The third-order valence-electron chi connectivity index (χ3n) is 5.13. The number of carbonyl (C=O) groups is 1. The molecule has 0 saturated carbocycles. The zero-order valence-corrected chi connectivity index (χ0v) is 17.3. The van der Waals surface area contributed by atoms with E-state index in [1.807, 2.05) is 24.7 Å². The minimum absolute atomic E-state index is 0.0188. The normalized spacial score (nSPS) is 16.7. The molecule has 1 rings (SSSR count). The molecule has 1 heterocycles. The number of nitrogens with zero attached hydrogens (tertiary/aromatic N) is 2. The Labute approximate surface area is 146 Å². The van der Waals surface area contributed by atoms with Crippen molar-refractivity contribution < 1.29 is 14.3 Å². The molecule has 0 amide bonds. The van der Waals surface area contributed by atoms with E-state index in [2.05, 4.69) is 44.2 Å². The molecule has 0 aliphatic rings. The molecular formula is C17H33N3O3Si. The first-order chi connectivity index (χ1) is 10.9. The molecule has 1 aromatic rings. The molecule has 0 aromatic carbocycles. The number of likely N-dealkylation sites (N-methyl/N-ethyl adjacent to an activating group) is 1. The molecule has 7 heteroatoms. The molecule has 6 nitrogen and oxygen atoms in total. The Kier molecular flexibility index (Phi) is 6.78. The van der Waals surface area contributed by atoms with Gasteiger partial charge in [-0.05, 0) is 31.1 Å². The lowest BCUT2D eigenvalue weighted by atomic mass is 9.94. The van der Waals surface area contributed by atoms with Crippen molar-refractivity contribution in [3.63, 3.8) is 0 Å². The highest BCUT2D eigenvalue weighted by atomic mass is 28.4. The van der Waals surface area contributed by atoms with Crippen LogP contribution in [0.25, 0.3) is 0 Å². The van der Waals surface area contributed by atoms with E-state index in [9.17, 15) is 9.90 Å². The molecule has 138 valence electrons. The van der Waals surface area contributed by atoms with E-state index in [4.69, 9.17) is 4.43 Å². The predicted octanol–water partition coefficient (Wildman–Crippen LogP) is 2.66. The van der Waals surface area contributed by atoms with Crippen LogP contribution < -0.4 is 5.32 Å². The van der Waals surface area contributed by atoms with Gasteiger partial charge in [-0.15, -0.1) is 0 Å². The Morgan fingerprint density at radius 2 is 2.04 bits per heavy atom. The summed E-state index contributed by atoms with van der Waals surface area (Å²) >= 11 is 0. The molecule has 0 radical (unpaired) electrons. The minimum atomic E-state index is -2.10. The van der Waals surface area contributed by atoms with Crippen molar-refractivity contribution in [1.29, 1.82) is 0 Å². The van der Waals surface area contributed by atoms with Gasteiger partial charge in [-0.1, -0.05) is 27.7 Å². The Bertz CT molecular complexity index is 552. The summed E-state index contributed by atoms with van der Waals surface area (Å²) in [6, 6.07) is -0.741. The van der Waals surface area contributed by atoms with E-state index >= 15 is 0 Å². The summed E-state index contributed by atoms with van der Waals surface area (Å²) in [6.07, 6.45) is 3.93. The van der Waals surface area contributed by atoms with E-state index in [0.717, 1.165) is 5.82 Å². The second kappa shape index (κ2) is 7.80. The van der Waals surface area contributed by atoms with Crippen LogP contribution in [0.5, 0.6) is 0 Å². The van der Waals surface area contributed by atoms with Gasteiger partial charge in [-0.3, -0.25) is 4.79 Å². The average molecular weight is 356 g/mol. The van der Waals surface area contributed by atoms with Crippen LogP contribution >= 0.6 is 0 Å². The number of carboxylic acids is 1. The van der Waals surface area contributed by atoms with Crippen LogP contribution in [0.4, 0.5) is 0 Å². The van der Waals surface area contributed by atoms with E-state index in [0.29, 0.717) is 6.42 Å². The van der Waals surface area contributed by atoms with Gasteiger partial charge in [0.15, 0.2) is 8.32 Å². The number of aryl methyl sites for hydroxylation is 1. The third kappa shape index (κ3) is 4.91. The summed E-state index contributed by atoms with van der Waals surface area (Å²) in [7, 11) is 1.52. The largest absolute Gasteiger partial charge is 0.480 e. The molecule has 0 aliphatic heterocycles. The maximum atomic E-state index is 11.7. The van der Waals surface area contributed by atoms with Crippen molar-refractivity contribution in [3.05, 3.63) is 18.2 Å². The van der Waals surface area contributed by atoms with Crippen molar-refractivity contribution in [2.24, 2.45) is 13.0 Å². The molecule has 0 spiro atoms. The summed E-state index contributed by atoms with van der Waals surface area (Å²) in [5.74, 6) is 0.0771. The van der Waals surface area contributed by atoms with Gasteiger partial charge in [0, 0.05) is 25.9 Å². The van der Waals surface area contributed by atoms with Crippen molar-refractivity contribution >= 4 is 14.3 Å². The monoisotopic (exact) mass is 355 g/mol. The lowest BCUT2D eigenvalue weighted by Crippen LogP contribution is -2.55. The lowest BCUT2D eigenvalue weighted by Gasteiger charge is -2.42. The first-order valence-electron chi connectivity index (χ1n) is 8.44. The number of imidazole rings is 1. The fourth-order valence-corrected chi connectivity index (χ4v) is 3.86. The quantitative estimate of drug-likeness (QED) is 0.701. The molecule has 0 bridgehead atoms. The molecule has 2 N–H and O–H groups in total. The lowest BCUT2D eigenvalue weighted by molar-refractivity contribution is -0.142. The second-order valence-corrected chi connectivity index (χ2v) is 12.8. The third-order valence-corrected chi connectivity index (χ3v) is 9.60. The van der Waals surface area contributed by atoms with Crippen LogP contribution in [0, 0.1) is 5.92 Å². The highest BCUT2D eigenvalue weighted by Gasteiger charge is 2.43. The number of rotatable bonds is 8. The fraction of sp³-hybridized carbons (Fsp3) is 0.765. The predicted molar refractivity (Wildman–Crippen MR) is 98.6 cm³/mol. The standard InChI is InChI=1S/C17H33N3O3Si/c1-12(11-13-19-9-10-20(13)6)15(14(18-5)16(21)22)23-24(7,8)17(2,3)4/h9-10,12,14-15,18H,11H2,1-8H3,(H,21,22)/t12-,14+,15-/m1/s1. The van der Waals surface area contributed by atoms with Gasteiger partial charge in [-0.2, -0.15) is 0 Å². The number of hydrogen-bond acceptors (Lipinski definition) is 4. The molecule has 0 aliphatic carbocycles. The fourth-order valence-electron chi connectivity index (χ4n) is 2.46. The van der Waals surface area contributed by atoms with E-state index in [-0.39, 0.29) is 11.0 Å². The topological polar surface area (TPSA) is 76.4 Å². The van der Waals surface area contributed by atoms with Gasteiger partial charge < -0.3 is 19.4 Å². The van der Waals surface area contributed by atoms with Gasteiger partial charge in [0.05, 0.1) is 6.10 Å². The van der Waals surface area contributed by atoms with Crippen molar-refractivity contribution in [2.75, 3.05) is 7.05 Å². The number of hydrogen-bond donors (Lipinski definition) is 2. The van der Waals surface area contributed by atoms with Gasteiger partial charge in [0.1, 0.15) is 11.9 Å². The van der Waals surface area contributed by atoms with Gasteiger partial charge in [0.2, 0.25) is 0 Å². The molecule has 24 heavy (non-hydrogen) atoms. The summed E-state index contributed by atoms with van der Waals surface area (Å²) in [4.78, 5) is 16.1. The van der Waals surface area contributed by atoms with Crippen LogP contribution in [-0.2, 0) is 22.7 Å². The van der Waals surface area contributed by atoms with Gasteiger partial charge in [-0.25, -0.2) is 4.98 Å². The number of aliphatic carboxylic acids is 1. The van der Waals surface area contributed by atoms with Crippen molar-refractivity contribution in [3.8, 4) is 0 Å². The molecule has 0 fully saturated rings. The van der Waals surface area contributed by atoms with E-state index < -0.39 is 26.4 Å². The minimum Gasteiger partial charge on any atom is -0.480 e. The maximum Gasteiger partial charge on any atom is 0.323 e. The summed E-state index contributed by atoms with van der Waals surface area (Å²) < 4.78 is 8.49. The molecule has 0 unspecified atom stereocenters. The Balaban J connectivity index is 3.09. The average Bonchev–Trinajstić information content (AvgIpc) is 2.82. The van der Waals surface area contributed by atoms with Crippen LogP contribution in [-0.4, -0.2) is 48.1 Å². The first kappa shape index (κ1) is 20.9. The zero-order chi connectivity index (χ0) is 18.7. The summed E-state index contributed by atoms with van der Waals surface area (Å²) in [5.41, 5.74) is 0. The van der Waals surface area contributed by atoms with Crippen LogP contribution in [0.3, 0.4) is 0 Å². The highest BCUT2D eigenvalue weighted by Crippen LogP contribution is 2.38. The zero-order valence-electron chi connectivity index (χ0n) is 16.3. The highest BCUT2D eigenvalue weighted by molar-refractivity contribution is 6.74. The van der Waals surface area contributed by atoms with Crippen LogP contribution in [0.1, 0.15) is 33.5 Å². The Morgan fingerprint density at radius 3 is 2.42 bits per heavy atom. The van der Waals surface area contributed by atoms with E-state index in [1.165, 1.54) is 0 Å². The summed E-state index contributed by atoms with van der Waals surface area (Å²) in [6.45, 7) is 12.8. The number of aromatic nitrogens is 2. The number of nitrogens with one attached hydrogen (secondary N) is 1. The van der Waals surface area contributed by atoms with Crippen LogP contribution in [0.2, 0.25) is 18.1 Å². The van der Waals surface area contributed by atoms with Gasteiger partial charge in [0.25, 0.3) is 0 Å². The van der Waals surface area contributed by atoms with Crippen molar-refractivity contribution in [2.45, 2.75) is 64.4 Å². The van der Waals surface area contributed by atoms with Gasteiger partial charge >= 0.3 is 5.97 Å². The molecular weight excluding hydrogens is 322 g/mol. The Morgan fingerprint density at radius 1 is 1.46 bits per heavy atom. The first-order valence-corrected chi connectivity index (χ1v) is 11.4. The van der Waals surface area contributed by atoms with Crippen molar-refractivity contribution in [1.82, 2.24) is 14.9 Å². The molecule has 1 aromatic heterocycles. The smallest absolute Gasteiger partial charge is 0.323 e. The summed E-state index contributed by atoms with van der Waals surface area (Å²) in [5, 5.41) is 12.6. The van der Waals surface area contributed by atoms with Crippen LogP contribution in [0.15, 0.2) is 12.4 Å².